The number of aromatic hydroxyl groups is 1. The Morgan fingerprint density at radius 2 is 1.33 bits per heavy atom. The van der Waals surface area contributed by atoms with Crippen LogP contribution in [-0.2, 0) is 6.42 Å². The van der Waals surface area contributed by atoms with Crippen molar-refractivity contribution in [1.29, 1.82) is 0 Å². The van der Waals surface area contributed by atoms with E-state index in [2.05, 4.69) is 19.1 Å². The number of ether oxygens (including phenoxy) is 1. The summed E-state index contributed by atoms with van der Waals surface area (Å²) in [6.45, 7) is 2.24. The van der Waals surface area contributed by atoms with Gasteiger partial charge in [0.25, 0.3) is 0 Å². The van der Waals surface area contributed by atoms with Gasteiger partial charge in [0, 0.05) is 0 Å². The smallest absolute Gasteiger partial charge is 0.127 e. The molecule has 1 N–H and O–H groups in total. The fourth-order valence-corrected chi connectivity index (χ4v) is 2.31. The van der Waals surface area contributed by atoms with Crippen LogP contribution < -0.4 is 4.74 Å². The van der Waals surface area contributed by atoms with Gasteiger partial charge in [0.2, 0.25) is 0 Å². The molecule has 0 atom stereocenters. The third-order valence-electron chi connectivity index (χ3n) is 3.56. The lowest BCUT2D eigenvalue weighted by atomic mass is 10.1. The van der Waals surface area contributed by atoms with Crippen LogP contribution in [0.15, 0.2) is 48.5 Å². The fourth-order valence-electron chi connectivity index (χ4n) is 2.31. The van der Waals surface area contributed by atoms with E-state index in [0.717, 1.165) is 17.9 Å². The number of aryl methyl sites for hydroxylation is 1. The molecule has 0 spiro atoms. The average molecular weight is 284 g/mol. The summed E-state index contributed by atoms with van der Waals surface area (Å²) in [5.41, 5.74) is 1.37. The highest BCUT2D eigenvalue weighted by Crippen LogP contribution is 2.24. The molecule has 0 fully saturated rings. The lowest BCUT2D eigenvalue weighted by Gasteiger charge is -2.07. The molecule has 21 heavy (non-hydrogen) atoms. The number of phenols is 1. The Hall–Kier alpha value is -1.96. The topological polar surface area (TPSA) is 29.5 Å². The molecule has 0 saturated heterocycles. The van der Waals surface area contributed by atoms with Gasteiger partial charge in [-0.15, -0.1) is 0 Å². The van der Waals surface area contributed by atoms with E-state index in [-0.39, 0.29) is 5.75 Å². The molecule has 0 unspecified atom stereocenters. The first-order valence-electron chi connectivity index (χ1n) is 7.84. The summed E-state index contributed by atoms with van der Waals surface area (Å²) in [5.74, 6) is 1.82. The molecule has 2 heteroatoms. The van der Waals surface area contributed by atoms with E-state index in [1.165, 1.54) is 37.7 Å². The first kappa shape index (κ1) is 15.4. The quantitative estimate of drug-likeness (QED) is 0.630. The van der Waals surface area contributed by atoms with Gasteiger partial charge in [-0.3, -0.25) is 0 Å². The molecule has 0 radical (unpaired) electrons. The third-order valence-corrected chi connectivity index (χ3v) is 3.56. The first-order valence-corrected chi connectivity index (χ1v) is 7.84. The normalized spacial score (nSPS) is 10.5. The van der Waals surface area contributed by atoms with Gasteiger partial charge in [-0.2, -0.15) is 0 Å². The van der Waals surface area contributed by atoms with Crippen molar-refractivity contribution in [2.45, 2.75) is 45.4 Å². The van der Waals surface area contributed by atoms with Crippen molar-refractivity contribution in [3.05, 3.63) is 54.1 Å². The van der Waals surface area contributed by atoms with Crippen molar-refractivity contribution in [3.63, 3.8) is 0 Å². The second-order valence-corrected chi connectivity index (χ2v) is 5.40. The summed E-state index contributed by atoms with van der Waals surface area (Å²) < 4.78 is 5.73. The molecular weight excluding hydrogens is 260 g/mol. The summed E-state index contributed by atoms with van der Waals surface area (Å²) in [6, 6.07) is 15.1. The fraction of sp³-hybridized carbons (Fsp3) is 0.368. The molecule has 2 aromatic rings. The van der Waals surface area contributed by atoms with E-state index in [4.69, 9.17) is 4.74 Å². The Bertz CT molecular complexity index is 514. The van der Waals surface area contributed by atoms with Crippen molar-refractivity contribution in [3.8, 4) is 17.2 Å². The van der Waals surface area contributed by atoms with Crippen molar-refractivity contribution in [2.24, 2.45) is 0 Å². The monoisotopic (exact) mass is 284 g/mol. The van der Waals surface area contributed by atoms with Gasteiger partial charge in [-0.25, -0.2) is 0 Å². The highest BCUT2D eigenvalue weighted by Gasteiger charge is 1.99. The van der Waals surface area contributed by atoms with Crippen LogP contribution in [0.25, 0.3) is 0 Å². The zero-order chi connectivity index (χ0) is 14.9. The first-order chi connectivity index (χ1) is 10.3. The zero-order valence-electron chi connectivity index (χ0n) is 12.7. The van der Waals surface area contributed by atoms with E-state index in [1.807, 2.05) is 12.1 Å². The van der Waals surface area contributed by atoms with Gasteiger partial charge < -0.3 is 9.84 Å². The van der Waals surface area contributed by atoms with Crippen LogP contribution in [0.2, 0.25) is 0 Å². The molecule has 0 aliphatic carbocycles. The van der Waals surface area contributed by atoms with E-state index in [0.29, 0.717) is 0 Å². The molecule has 2 rings (SSSR count). The van der Waals surface area contributed by atoms with Crippen LogP contribution in [0.4, 0.5) is 0 Å². The number of unbranched alkanes of at least 4 members (excludes halogenated alkanes) is 4. The standard InChI is InChI=1S/C19H24O2/c1-2-3-4-5-6-7-16-8-12-18(13-9-16)21-19-14-10-17(20)11-15-19/h8-15,20H,2-7H2,1H3. The third kappa shape index (κ3) is 5.50. The summed E-state index contributed by atoms with van der Waals surface area (Å²) in [4.78, 5) is 0. The van der Waals surface area contributed by atoms with Crippen LogP contribution in [0.1, 0.15) is 44.6 Å². The average Bonchev–Trinajstić information content (AvgIpc) is 2.51. The van der Waals surface area contributed by atoms with Crippen molar-refractivity contribution < 1.29 is 9.84 Å². The number of benzene rings is 2. The van der Waals surface area contributed by atoms with E-state index < -0.39 is 0 Å². The second kappa shape index (κ2) is 8.35. The molecule has 112 valence electrons. The summed E-state index contributed by atoms with van der Waals surface area (Å²) in [7, 11) is 0. The van der Waals surface area contributed by atoms with Crippen LogP contribution in [0, 0.1) is 0 Å². The van der Waals surface area contributed by atoms with Crippen LogP contribution in [0.5, 0.6) is 17.2 Å². The lowest BCUT2D eigenvalue weighted by molar-refractivity contribution is 0.464. The predicted molar refractivity (Wildman–Crippen MR) is 87.1 cm³/mol. The van der Waals surface area contributed by atoms with Gasteiger partial charge in [0.1, 0.15) is 17.2 Å². The molecule has 0 amide bonds. The maximum absolute atomic E-state index is 9.24. The lowest BCUT2D eigenvalue weighted by Crippen LogP contribution is -1.88. The molecular formula is C19H24O2. The summed E-state index contributed by atoms with van der Waals surface area (Å²) >= 11 is 0. The Morgan fingerprint density at radius 3 is 1.95 bits per heavy atom. The van der Waals surface area contributed by atoms with Crippen molar-refractivity contribution in [1.82, 2.24) is 0 Å². The molecule has 0 aliphatic heterocycles. The Balaban J connectivity index is 1.80. The number of phenolic OH excluding ortho intramolecular Hbond substituents is 1. The van der Waals surface area contributed by atoms with Crippen LogP contribution in [0.3, 0.4) is 0 Å². The van der Waals surface area contributed by atoms with Gasteiger partial charge >= 0.3 is 0 Å². The Kier molecular flexibility index (Phi) is 6.14. The molecule has 0 aromatic heterocycles. The van der Waals surface area contributed by atoms with Crippen LogP contribution >= 0.6 is 0 Å². The second-order valence-electron chi connectivity index (χ2n) is 5.40. The van der Waals surface area contributed by atoms with E-state index in [1.54, 1.807) is 24.3 Å². The molecule has 2 aromatic carbocycles. The minimum Gasteiger partial charge on any atom is -0.508 e. The highest BCUT2D eigenvalue weighted by atomic mass is 16.5. The molecule has 0 heterocycles. The van der Waals surface area contributed by atoms with Gasteiger partial charge in [-0.1, -0.05) is 44.7 Å². The minimum atomic E-state index is 0.251. The largest absolute Gasteiger partial charge is 0.508 e. The number of hydrogen-bond acceptors (Lipinski definition) is 2. The zero-order valence-corrected chi connectivity index (χ0v) is 12.7. The van der Waals surface area contributed by atoms with Gasteiger partial charge in [-0.05, 0) is 54.8 Å². The van der Waals surface area contributed by atoms with Crippen molar-refractivity contribution in [2.75, 3.05) is 0 Å². The molecule has 0 aliphatic rings. The molecule has 0 saturated carbocycles. The SMILES string of the molecule is CCCCCCCc1ccc(Oc2ccc(O)cc2)cc1. The highest BCUT2D eigenvalue weighted by molar-refractivity contribution is 5.35. The Morgan fingerprint density at radius 1 is 0.762 bits per heavy atom. The maximum Gasteiger partial charge on any atom is 0.127 e. The van der Waals surface area contributed by atoms with Gasteiger partial charge in [0.15, 0.2) is 0 Å². The van der Waals surface area contributed by atoms with Crippen molar-refractivity contribution >= 4 is 0 Å². The number of hydrogen-bond donors (Lipinski definition) is 1. The number of rotatable bonds is 8. The van der Waals surface area contributed by atoms with E-state index >= 15 is 0 Å². The maximum atomic E-state index is 9.24. The Labute approximate surface area is 127 Å². The summed E-state index contributed by atoms with van der Waals surface area (Å²) in [5, 5.41) is 9.24. The van der Waals surface area contributed by atoms with E-state index in [9.17, 15) is 5.11 Å². The minimum absolute atomic E-state index is 0.251. The van der Waals surface area contributed by atoms with Gasteiger partial charge in [0.05, 0.1) is 0 Å². The molecule has 0 bridgehead atoms. The predicted octanol–water partition coefficient (Wildman–Crippen LogP) is 5.70. The van der Waals surface area contributed by atoms with Crippen LogP contribution in [-0.4, -0.2) is 5.11 Å². The molecule has 2 nitrogen and oxygen atoms in total. The summed E-state index contributed by atoms with van der Waals surface area (Å²) in [6.07, 6.45) is 7.71.